The van der Waals surface area contributed by atoms with E-state index in [4.69, 9.17) is 4.74 Å². The summed E-state index contributed by atoms with van der Waals surface area (Å²) < 4.78 is 7.71. The van der Waals surface area contributed by atoms with Gasteiger partial charge in [-0.05, 0) is 55.3 Å². The average molecular weight is 413 g/mol. The number of halogens is 2. The quantitative estimate of drug-likeness (QED) is 0.743. The Labute approximate surface area is 143 Å². The molecule has 0 aliphatic carbocycles. The molecule has 0 saturated heterocycles. The predicted octanol–water partition coefficient (Wildman–Crippen LogP) is 5.03. The minimum atomic E-state index is 0.225. The van der Waals surface area contributed by atoms with Crippen molar-refractivity contribution < 1.29 is 4.74 Å². The predicted molar refractivity (Wildman–Crippen MR) is 95.1 cm³/mol. The third kappa shape index (κ3) is 3.87. The molecule has 0 saturated carbocycles. The van der Waals surface area contributed by atoms with E-state index >= 15 is 0 Å². The van der Waals surface area contributed by atoms with Gasteiger partial charge in [-0.15, -0.1) is 0 Å². The third-order valence-electron chi connectivity index (χ3n) is 3.61. The fourth-order valence-electron chi connectivity index (χ4n) is 2.43. The van der Waals surface area contributed by atoms with Crippen LogP contribution in [0.4, 0.5) is 0 Å². The molecular formula is C17H19Br2NO. The molecule has 0 bridgehead atoms. The Morgan fingerprint density at radius 3 is 2.62 bits per heavy atom. The Bertz CT molecular complexity index is 628. The van der Waals surface area contributed by atoms with Gasteiger partial charge in [-0.25, -0.2) is 0 Å². The van der Waals surface area contributed by atoms with Crippen LogP contribution in [0.25, 0.3) is 0 Å². The Morgan fingerprint density at radius 2 is 1.95 bits per heavy atom. The van der Waals surface area contributed by atoms with Crippen LogP contribution in [-0.2, 0) is 6.42 Å². The number of methoxy groups -OCH3 is 1. The van der Waals surface area contributed by atoms with Crippen molar-refractivity contribution in [2.45, 2.75) is 19.4 Å². The zero-order chi connectivity index (χ0) is 15.4. The second kappa shape index (κ2) is 7.43. The van der Waals surface area contributed by atoms with Gasteiger partial charge in [-0.1, -0.05) is 50.1 Å². The molecule has 2 aromatic rings. The number of aryl methyl sites for hydroxylation is 1. The minimum Gasteiger partial charge on any atom is -0.496 e. The molecule has 1 atom stereocenters. The summed E-state index contributed by atoms with van der Waals surface area (Å²) in [7, 11) is 3.70. The lowest BCUT2D eigenvalue weighted by Gasteiger charge is -2.20. The number of ether oxygens (including phenoxy) is 1. The molecule has 2 aromatic carbocycles. The van der Waals surface area contributed by atoms with Gasteiger partial charge in [0.1, 0.15) is 5.75 Å². The molecule has 1 N–H and O–H groups in total. The normalized spacial score (nSPS) is 12.2. The number of likely N-dealkylation sites (N-methyl/N-ethyl adjacent to an activating group) is 1. The Morgan fingerprint density at radius 1 is 1.19 bits per heavy atom. The average Bonchev–Trinajstić information content (AvgIpc) is 2.48. The lowest BCUT2D eigenvalue weighted by Crippen LogP contribution is -2.20. The smallest absolute Gasteiger partial charge is 0.122 e. The van der Waals surface area contributed by atoms with Crippen molar-refractivity contribution in [1.82, 2.24) is 5.32 Å². The highest BCUT2D eigenvalue weighted by Gasteiger charge is 2.16. The van der Waals surface area contributed by atoms with Crippen LogP contribution in [0.3, 0.4) is 0 Å². The molecule has 0 aromatic heterocycles. The highest BCUT2D eigenvalue weighted by Crippen LogP contribution is 2.32. The van der Waals surface area contributed by atoms with Crippen molar-refractivity contribution in [3.8, 4) is 5.75 Å². The number of hydrogen-bond donors (Lipinski definition) is 1. The van der Waals surface area contributed by atoms with Crippen LogP contribution in [0.1, 0.15) is 22.7 Å². The summed E-state index contributed by atoms with van der Waals surface area (Å²) in [5.74, 6) is 0.919. The fraction of sp³-hybridized carbons (Fsp3) is 0.294. The Balaban J connectivity index is 2.35. The molecule has 1 unspecified atom stereocenters. The van der Waals surface area contributed by atoms with E-state index in [1.807, 2.05) is 19.2 Å². The molecule has 0 aliphatic heterocycles. The molecule has 0 amide bonds. The zero-order valence-electron chi connectivity index (χ0n) is 12.4. The van der Waals surface area contributed by atoms with Crippen LogP contribution in [0.5, 0.6) is 5.75 Å². The van der Waals surface area contributed by atoms with Gasteiger partial charge in [-0.2, -0.15) is 0 Å². The van der Waals surface area contributed by atoms with E-state index < -0.39 is 0 Å². The first-order valence-corrected chi connectivity index (χ1v) is 8.40. The molecule has 21 heavy (non-hydrogen) atoms. The van der Waals surface area contributed by atoms with Crippen molar-refractivity contribution in [3.63, 3.8) is 0 Å². The maximum absolute atomic E-state index is 5.48. The van der Waals surface area contributed by atoms with E-state index in [0.29, 0.717) is 0 Å². The van der Waals surface area contributed by atoms with Crippen LogP contribution in [0, 0.1) is 6.92 Å². The molecule has 0 radical (unpaired) electrons. The Kier molecular flexibility index (Phi) is 5.85. The van der Waals surface area contributed by atoms with E-state index in [1.54, 1.807) is 7.11 Å². The van der Waals surface area contributed by atoms with E-state index in [0.717, 1.165) is 16.6 Å². The van der Waals surface area contributed by atoms with Gasteiger partial charge >= 0.3 is 0 Å². The summed E-state index contributed by atoms with van der Waals surface area (Å²) in [6, 6.07) is 12.7. The van der Waals surface area contributed by atoms with Gasteiger partial charge in [0.25, 0.3) is 0 Å². The number of hydrogen-bond acceptors (Lipinski definition) is 2. The van der Waals surface area contributed by atoms with E-state index in [1.165, 1.54) is 21.2 Å². The highest BCUT2D eigenvalue weighted by atomic mass is 79.9. The van der Waals surface area contributed by atoms with Crippen LogP contribution in [0.2, 0.25) is 0 Å². The third-order valence-corrected chi connectivity index (χ3v) is 5.19. The van der Waals surface area contributed by atoms with E-state index in [2.05, 4.69) is 68.4 Å². The SMILES string of the molecule is CNC(Cc1cc(Br)ccc1OC)c1cccc(C)c1Br. The Hall–Kier alpha value is -0.840. The van der Waals surface area contributed by atoms with Crippen molar-refractivity contribution >= 4 is 31.9 Å². The second-order valence-corrected chi connectivity index (χ2v) is 6.69. The molecular weight excluding hydrogens is 394 g/mol. The first-order valence-electron chi connectivity index (χ1n) is 6.81. The van der Waals surface area contributed by atoms with Gasteiger partial charge in [-0.3, -0.25) is 0 Å². The molecule has 0 heterocycles. The summed E-state index contributed by atoms with van der Waals surface area (Å²) in [4.78, 5) is 0. The van der Waals surface area contributed by atoms with Gasteiger partial charge < -0.3 is 10.1 Å². The van der Waals surface area contributed by atoms with Crippen LogP contribution >= 0.6 is 31.9 Å². The highest BCUT2D eigenvalue weighted by molar-refractivity contribution is 9.10. The minimum absolute atomic E-state index is 0.225. The van der Waals surface area contributed by atoms with Crippen molar-refractivity contribution in [1.29, 1.82) is 0 Å². The summed E-state index contributed by atoms with van der Waals surface area (Å²) in [5.41, 5.74) is 3.69. The van der Waals surface area contributed by atoms with Crippen LogP contribution < -0.4 is 10.1 Å². The van der Waals surface area contributed by atoms with Gasteiger partial charge in [0.2, 0.25) is 0 Å². The van der Waals surface area contributed by atoms with Gasteiger partial charge in [0, 0.05) is 15.0 Å². The monoisotopic (exact) mass is 411 g/mol. The molecule has 2 rings (SSSR count). The molecule has 0 spiro atoms. The molecule has 4 heteroatoms. The fourth-order valence-corrected chi connectivity index (χ4v) is 3.38. The first-order chi connectivity index (χ1) is 10.1. The van der Waals surface area contributed by atoms with Crippen LogP contribution in [-0.4, -0.2) is 14.2 Å². The van der Waals surface area contributed by atoms with Crippen molar-refractivity contribution in [2.75, 3.05) is 14.2 Å². The maximum atomic E-state index is 5.48. The molecule has 2 nitrogen and oxygen atoms in total. The molecule has 112 valence electrons. The van der Waals surface area contributed by atoms with E-state index in [-0.39, 0.29) is 6.04 Å². The number of rotatable bonds is 5. The summed E-state index contributed by atoms with van der Waals surface area (Å²) in [5, 5.41) is 3.40. The van der Waals surface area contributed by atoms with Gasteiger partial charge in [0.15, 0.2) is 0 Å². The topological polar surface area (TPSA) is 21.3 Å². The standard InChI is InChI=1S/C17H19Br2NO/c1-11-5-4-6-14(17(11)19)15(20-2)10-12-9-13(18)7-8-16(12)21-3/h4-9,15,20H,10H2,1-3H3. The number of benzene rings is 2. The number of nitrogens with one attached hydrogen (secondary N) is 1. The van der Waals surface area contributed by atoms with Crippen LogP contribution in [0.15, 0.2) is 45.3 Å². The lowest BCUT2D eigenvalue weighted by atomic mass is 9.97. The summed E-state index contributed by atoms with van der Waals surface area (Å²) >= 11 is 7.24. The lowest BCUT2D eigenvalue weighted by molar-refractivity contribution is 0.406. The van der Waals surface area contributed by atoms with Gasteiger partial charge in [0.05, 0.1) is 7.11 Å². The van der Waals surface area contributed by atoms with Crippen molar-refractivity contribution in [3.05, 3.63) is 62.0 Å². The first kappa shape index (κ1) is 16.5. The maximum Gasteiger partial charge on any atom is 0.122 e. The zero-order valence-corrected chi connectivity index (χ0v) is 15.6. The van der Waals surface area contributed by atoms with E-state index in [9.17, 15) is 0 Å². The largest absolute Gasteiger partial charge is 0.496 e. The van der Waals surface area contributed by atoms with Crippen molar-refractivity contribution in [2.24, 2.45) is 0 Å². The molecule has 0 fully saturated rings. The summed E-state index contributed by atoms with van der Waals surface area (Å²) in [6.07, 6.45) is 0.862. The molecule has 0 aliphatic rings. The summed E-state index contributed by atoms with van der Waals surface area (Å²) in [6.45, 7) is 2.11. The second-order valence-electron chi connectivity index (χ2n) is 4.98.